The normalized spacial score (nSPS) is 23.3. The zero-order chi connectivity index (χ0) is 18.1. The van der Waals surface area contributed by atoms with Gasteiger partial charge >= 0.3 is 0 Å². The van der Waals surface area contributed by atoms with Gasteiger partial charge in [0.1, 0.15) is 17.7 Å². The number of nitrogens with zero attached hydrogens (tertiary/aromatic N) is 2. The Balaban J connectivity index is 1.76. The highest BCUT2D eigenvalue weighted by Crippen LogP contribution is 2.25. The predicted molar refractivity (Wildman–Crippen MR) is 88.2 cm³/mol. The minimum absolute atomic E-state index is 0.125. The van der Waals surface area contributed by atoms with Gasteiger partial charge in [0.25, 0.3) is 5.91 Å². The largest absolute Gasteiger partial charge is 0.381 e. The summed E-state index contributed by atoms with van der Waals surface area (Å²) in [7, 11) is 1.84. The van der Waals surface area contributed by atoms with Gasteiger partial charge in [-0.3, -0.25) is 14.5 Å². The van der Waals surface area contributed by atoms with Gasteiger partial charge in [-0.25, -0.2) is 4.39 Å². The molecule has 0 bridgehead atoms. The van der Waals surface area contributed by atoms with E-state index < -0.39 is 18.1 Å². The molecule has 2 amide bonds. The van der Waals surface area contributed by atoms with E-state index in [9.17, 15) is 19.1 Å². The van der Waals surface area contributed by atoms with Crippen LogP contribution in [0.5, 0.6) is 0 Å². The van der Waals surface area contributed by atoms with Crippen molar-refractivity contribution in [2.75, 3.05) is 20.1 Å². The van der Waals surface area contributed by atoms with E-state index >= 15 is 0 Å². The lowest BCUT2D eigenvalue weighted by atomic mass is 10.1. The summed E-state index contributed by atoms with van der Waals surface area (Å²) in [5.74, 6) is -0.604. The number of hydrogen-bond acceptors (Lipinski definition) is 5. The average Bonchev–Trinajstić information content (AvgIpc) is 2.60. The molecular formula is C17H21FN4O3. The highest BCUT2D eigenvalue weighted by Gasteiger charge is 2.43. The van der Waals surface area contributed by atoms with Gasteiger partial charge < -0.3 is 20.6 Å². The van der Waals surface area contributed by atoms with Crippen molar-refractivity contribution in [2.24, 2.45) is 0 Å². The minimum atomic E-state index is -1.17. The molecular weight excluding hydrogens is 327 g/mol. The number of aliphatic hydroxyl groups excluding tert-OH is 1. The first-order valence-electron chi connectivity index (χ1n) is 8.07. The Morgan fingerprint density at radius 2 is 2.08 bits per heavy atom. The number of rotatable bonds is 3. The third kappa shape index (κ3) is 3.30. The first-order valence-corrected chi connectivity index (χ1v) is 8.07. The molecule has 3 N–H and O–H groups in total. The van der Waals surface area contributed by atoms with Crippen LogP contribution in [0.4, 0.5) is 4.39 Å². The Morgan fingerprint density at radius 3 is 2.76 bits per heavy atom. The third-order valence-corrected chi connectivity index (χ3v) is 4.58. The molecule has 0 aromatic heterocycles. The zero-order valence-electron chi connectivity index (χ0n) is 14.1. The van der Waals surface area contributed by atoms with Crippen molar-refractivity contribution in [1.29, 1.82) is 0 Å². The van der Waals surface area contributed by atoms with Crippen LogP contribution >= 0.6 is 0 Å². The van der Waals surface area contributed by atoms with Crippen molar-refractivity contribution < 1.29 is 19.1 Å². The first kappa shape index (κ1) is 17.2. The van der Waals surface area contributed by atoms with Crippen LogP contribution in [0.1, 0.15) is 12.5 Å². The Morgan fingerprint density at radius 1 is 1.40 bits per heavy atom. The third-order valence-electron chi connectivity index (χ3n) is 4.58. The van der Waals surface area contributed by atoms with Gasteiger partial charge in [0.2, 0.25) is 5.91 Å². The number of amides is 2. The fourth-order valence-corrected chi connectivity index (χ4v) is 3.02. The van der Waals surface area contributed by atoms with Crippen molar-refractivity contribution in [3.63, 3.8) is 0 Å². The molecule has 2 heterocycles. The molecule has 2 aliphatic rings. The van der Waals surface area contributed by atoms with E-state index in [2.05, 4.69) is 10.6 Å². The molecule has 7 nitrogen and oxygen atoms in total. The minimum Gasteiger partial charge on any atom is -0.381 e. The van der Waals surface area contributed by atoms with Crippen molar-refractivity contribution in [1.82, 2.24) is 20.4 Å². The number of carbonyl (C=O) groups excluding carboxylic acids is 2. The monoisotopic (exact) mass is 348 g/mol. The summed E-state index contributed by atoms with van der Waals surface area (Å²) in [5.41, 5.74) is 1.59. The summed E-state index contributed by atoms with van der Waals surface area (Å²) in [6.07, 6.45) is -1.17. The highest BCUT2D eigenvalue weighted by molar-refractivity contribution is 5.92. The van der Waals surface area contributed by atoms with Crippen LogP contribution in [-0.2, 0) is 16.1 Å². The number of benzene rings is 1. The highest BCUT2D eigenvalue weighted by atomic mass is 19.1. The summed E-state index contributed by atoms with van der Waals surface area (Å²) in [4.78, 5) is 28.3. The quantitative estimate of drug-likeness (QED) is 0.701. The zero-order valence-corrected chi connectivity index (χ0v) is 14.1. The molecule has 0 radical (unpaired) electrons. The number of halogens is 1. The summed E-state index contributed by atoms with van der Waals surface area (Å²) in [6, 6.07) is 5.09. The van der Waals surface area contributed by atoms with Crippen LogP contribution in [-0.4, -0.2) is 59.0 Å². The van der Waals surface area contributed by atoms with Crippen LogP contribution < -0.4 is 10.6 Å². The molecule has 1 saturated heterocycles. The van der Waals surface area contributed by atoms with Gasteiger partial charge in [0.15, 0.2) is 6.10 Å². The van der Waals surface area contributed by atoms with E-state index in [-0.39, 0.29) is 24.8 Å². The SMILES string of the molecule is CC1=C2NCC(O)C(=O)N2C(C(=O)NCc2ccc(F)cc2)CN1C. The fraction of sp³-hybridized carbons (Fsp3) is 0.412. The van der Waals surface area contributed by atoms with Crippen molar-refractivity contribution in [2.45, 2.75) is 25.6 Å². The molecule has 1 aromatic rings. The lowest BCUT2D eigenvalue weighted by molar-refractivity contribution is -0.149. The average molecular weight is 348 g/mol. The summed E-state index contributed by atoms with van der Waals surface area (Å²) in [5, 5.41) is 15.6. The maximum atomic E-state index is 12.9. The van der Waals surface area contributed by atoms with E-state index in [0.29, 0.717) is 12.4 Å². The summed E-state index contributed by atoms with van der Waals surface area (Å²) in [6.45, 7) is 2.53. The number of nitrogens with one attached hydrogen (secondary N) is 2. The molecule has 3 rings (SSSR count). The smallest absolute Gasteiger partial charge is 0.259 e. The molecule has 0 spiro atoms. The van der Waals surface area contributed by atoms with Gasteiger partial charge in [-0.15, -0.1) is 0 Å². The number of fused-ring (bicyclic) bond motifs is 1. The Kier molecular flexibility index (Phi) is 4.63. The lowest BCUT2D eigenvalue weighted by Crippen LogP contribution is -2.64. The second-order valence-corrected chi connectivity index (χ2v) is 6.28. The number of hydrogen-bond donors (Lipinski definition) is 3. The molecule has 2 atom stereocenters. The van der Waals surface area contributed by atoms with Gasteiger partial charge in [0.05, 0.1) is 12.2 Å². The Labute approximate surface area is 145 Å². The molecule has 134 valence electrons. The Hall–Kier alpha value is -2.61. The number of likely N-dealkylation sites (N-methyl/N-ethyl adjacent to an activating group) is 1. The van der Waals surface area contributed by atoms with Gasteiger partial charge in [0, 0.05) is 20.1 Å². The summed E-state index contributed by atoms with van der Waals surface area (Å²) >= 11 is 0. The van der Waals surface area contributed by atoms with Crippen molar-refractivity contribution >= 4 is 11.8 Å². The van der Waals surface area contributed by atoms with E-state index in [4.69, 9.17) is 0 Å². The van der Waals surface area contributed by atoms with Crippen LogP contribution in [0.15, 0.2) is 35.8 Å². The lowest BCUT2D eigenvalue weighted by Gasteiger charge is -2.45. The molecule has 2 aliphatic heterocycles. The first-order chi connectivity index (χ1) is 11.9. The van der Waals surface area contributed by atoms with Crippen molar-refractivity contribution in [3.05, 3.63) is 47.2 Å². The van der Waals surface area contributed by atoms with E-state index in [1.165, 1.54) is 17.0 Å². The van der Waals surface area contributed by atoms with Crippen LogP contribution in [0.25, 0.3) is 0 Å². The second-order valence-electron chi connectivity index (χ2n) is 6.28. The van der Waals surface area contributed by atoms with E-state index in [1.54, 1.807) is 12.1 Å². The number of allylic oxidation sites excluding steroid dienone is 1. The van der Waals surface area contributed by atoms with Crippen LogP contribution in [0.3, 0.4) is 0 Å². The van der Waals surface area contributed by atoms with Crippen LogP contribution in [0.2, 0.25) is 0 Å². The molecule has 2 unspecified atom stereocenters. The number of aliphatic hydroxyl groups is 1. The van der Waals surface area contributed by atoms with E-state index in [0.717, 1.165) is 11.3 Å². The van der Waals surface area contributed by atoms with Crippen LogP contribution in [0, 0.1) is 5.82 Å². The van der Waals surface area contributed by atoms with E-state index in [1.807, 2.05) is 18.9 Å². The Bertz CT molecular complexity index is 719. The van der Waals surface area contributed by atoms with Crippen molar-refractivity contribution in [3.8, 4) is 0 Å². The molecule has 0 aliphatic carbocycles. The maximum Gasteiger partial charge on any atom is 0.259 e. The fourth-order valence-electron chi connectivity index (χ4n) is 3.02. The molecule has 1 aromatic carbocycles. The maximum absolute atomic E-state index is 12.9. The topological polar surface area (TPSA) is 84.9 Å². The second kappa shape index (κ2) is 6.72. The standard InChI is InChI=1S/C17H21FN4O3/c1-10-15-19-8-14(23)17(25)22(15)13(9-21(10)2)16(24)20-7-11-3-5-12(18)6-4-11/h3-6,13-14,19,23H,7-9H2,1-2H3,(H,20,24). The number of carbonyl (C=O) groups is 2. The van der Waals surface area contributed by atoms with Gasteiger partial charge in [-0.2, -0.15) is 0 Å². The molecule has 0 saturated carbocycles. The molecule has 25 heavy (non-hydrogen) atoms. The summed E-state index contributed by atoms with van der Waals surface area (Å²) < 4.78 is 12.9. The predicted octanol–water partition coefficient (Wildman–Crippen LogP) is -0.262. The number of β-amino-alcohol motifs (C(OH)–C–C–N with tert-alkyl or cyclic N) is 1. The van der Waals surface area contributed by atoms with Gasteiger partial charge in [-0.05, 0) is 24.6 Å². The molecule has 8 heteroatoms. The van der Waals surface area contributed by atoms with Gasteiger partial charge in [-0.1, -0.05) is 12.1 Å². The molecule has 1 fully saturated rings.